The van der Waals surface area contributed by atoms with Gasteiger partial charge in [0.15, 0.2) is 0 Å². The van der Waals surface area contributed by atoms with E-state index >= 15 is 0 Å². The van der Waals surface area contributed by atoms with Gasteiger partial charge in [0.05, 0.1) is 28.7 Å². The minimum Gasteiger partial charge on any atom is -0.282 e. The van der Waals surface area contributed by atoms with Crippen molar-refractivity contribution in [3.63, 3.8) is 0 Å². The first-order valence-corrected chi connectivity index (χ1v) is 10.8. The summed E-state index contributed by atoms with van der Waals surface area (Å²) in [7, 11) is -3.48. The lowest BCUT2D eigenvalue weighted by Gasteiger charge is -2.12. The fraction of sp³-hybridized carbons (Fsp3) is 0.0952. The minimum atomic E-state index is -3.48. The van der Waals surface area contributed by atoms with Crippen molar-refractivity contribution in [1.82, 2.24) is 14.8 Å². The quantitative estimate of drug-likeness (QED) is 0.530. The lowest BCUT2D eigenvalue weighted by Crippen LogP contribution is -2.22. The van der Waals surface area contributed by atoms with Crippen LogP contribution in [0, 0.1) is 5.82 Å². The number of pyridine rings is 1. The third-order valence-corrected chi connectivity index (χ3v) is 5.85. The van der Waals surface area contributed by atoms with E-state index in [-0.39, 0.29) is 11.3 Å². The average Bonchev–Trinajstić information content (AvgIpc) is 2.75. The molecule has 0 bridgehead atoms. The van der Waals surface area contributed by atoms with Gasteiger partial charge in [-0.25, -0.2) is 12.8 Å². The molecule has 2 heterocycles. The Morgan fingerprint density at radius 2 is 1.73 bits per heavy atom. The highest BCUT2D eigenvalue weighted by molar-refractivity contribution is 7.92. The van der Waals surface area contributed by atoms with Gasteiger partial charge >= 0.3 is 0 Å². The molecule has 4 rings (SSSR count). The number of fused-ring (bicyclic) bond motifs is 1. The van der Waals surface area contributed by atoms with Crippen LogP contribution in [0.25, 0.3) is 27.7 Å². The zero-order valence-electron chi connectivity index (χ0n) is 15.9. The van der Waals surface area contributed by atoms with Gasteiger partial charge in [-0.05, 0) is 43.3 Å². The summed E-state index contributed by atoms with van der Waals surface area (Å²) in [4.78, 5) is 17.1. The van der Waals surface area contributed by atoms with Crippen LogP contribution in [0.4, 0.5) is 10.1 Å². The fourth-order valence-corrected chi connectivity index (χ4v) is 3.65. The van der Waals surface area contributed by atoms with E-state index in [0.29, 0.717) is 33.4 Å². The summed E-state index contributed by atoms with van der Waals surface area (Å²) < 4.78 is 40.8. The Morgan fingerprint density at radius 1 is 1.03 bits per heavy atom. The van der Waals surface area contributed by atoms with Gasteiger partial charge in [0.2, 0.25) is 10.0 Å². The molecular weight excluding hydrogens is 407 g/mol. The molecule has 7 nitrogen and oxygen atoms in total. The first-order chi connectivity index (χ1) is 14.4. The van der Waals surface area contributed by atoms with Crippen LogP contribution in [0.1, 0.15) is 6.92 Å². The standard InChI is InChI=1S/C21H17FN4O3S/c1-2-30(28,29)25-16-11-14(12-23-13-16)20-18-5-3-4-6-19(18)21(27)26(24-20)17-9-7-15(22)8-10-17/h3-13,25H,2H2,1H3. The molecule has 0 aliphatic rings. The topological polar surface area (TPSA) is 93.9 Å². The lowest BCUT2D eigenvalue weighted by molar-refractivity contribution is 0.602. The number of benzene rings is 2. The summed E-state index contributed by atoms with van der Waals surface area (Å²) >= 11 is 0. The number of hydrogen-bond acceptors (Lipinski definition) is 5. The number of nitrogens with zero attached hydrogens (tertiary/aromatic N) is 3. The molecule has 2 aromatic carbocycles. The molecule has 152 valence electrons. The van der Waals surface area contributed by atoms with Crippen LogP contribution in [0.2, 0.25) is 0 Å². The normalized spacial score (nSPS) is 11.5. The Labute approximate surface area is 171 Å². The summed E-state index contributed by atoms with van der Waals surface area (Å²) in [6, 6.07) is 14.0. The molecule has 0 saturated heterocycles. The lowest BCUT2D eigenvalue weighted by atomic mass is 10.1. The molecule has 0 radical (unpaired) electrons. The van der Waals surface area contributed by atoms with Gasteiger partial charge in [0.25, 0.3) is 5.56 Å². The van der Waals surface area contributed by atoms with E-state index < -0.39 is 15.8 Å². The van der Waals surface area contributed by atoms with Crippen LogP contribution in [-0.4, -0.2) is 28.9 Å². The SMILES string of the molecule is CCS(=O)(=O)Nc1cncc(-c2nn(-c3ccc(F)cc3)c(=O)c3ccccc23)c1. The van der Waals surface area contributed by atoms with Crippen LogP contribution in [0.15, 0.2) is 71.8 Å². The molecule has 4 aromatic rings. The first-order valence-electron chi connectivity index (χ1n) is 9.12. The number of anilines is 1. The predicted molar refractivity (Wildman–Crippen MR) is 114 cm³/mol. The van der Waals surface area contributed by atoms with E-state index in [4.69, 9.17) is 0 Å². The van der Waals surface area contributed by atoms with Crippen LogP contribution >= 0.6 is 0 Å². The number of rotatable bonds is 5. The largest absolute Gasteiger partial charge is 0.282 e. The molecule has 0 spiro atoms. The van der Waals surface area contributed by atoms with Crippen LogP contribution in [0.5, 0.6) is 0 Å². The Morgan fingerprint density at radius 3 is 2.43 bits per heavy atom. The second-order valence-electron chi connectivity index (χ2n) is 6.56. The van der Waals surface area contributed by atoms with Gasteiger partial charge in [-0.2, -0.15) is 9.78 Å². The van der Waals surface area contributed by atoms with E-state index in [2.05, 4.69) is 14.8 Å². The summed E-state index contributed by atoms with van der Waals surface area (Å²) in [6.45, 7) is 1.53. The highest BCUT2D eigenvalue weighted by atomic mass is 32.2. The average molecular weight is 424 g/mol. The highest BCUT2D eigenvalue weighted by Crippen LogP contribution is 2.27. The molecule has 0 amide bonds. The highest BCUT2D eigenvalue weighted by Gasteiger charge is 2.15. The Hall–Kier alpha value is -3.59. The summed E-state index contributed by atoms with van der Waals surface area (Å²) in [5.41, 5.74) is 1.32. The predicted octanol–water partition coefficient (Wildman–Crippen LogP) is 3.35. The Bertz CT molecular complexity index is 1400. The molecule has 0 atom stereocenters. The van der Waals surface area contributed by atoms with Crippen LogP contribution in [0.3, 0.4) is 0 Å². The summed E-state index contributed by atoms with van der Waals surface area (Å²) in [5, 5.41) is 5.51. The third-order valence-electron chi connectivity index (χ3n) is 4.54. The molecule has 1 N–H and O–H groups in total. The van der Waals surface area contributed by atoms with Gasteiger partial charge in [-0.1, -0.05) is 18.2 Å². The van der Waals surface area contributed by atoms with Gasteiger partial charge in [-0.3, -0.25) is 14.5 Å². The van der Waals surface area contributed by atoms with E-state index in [1.54, 1.807) is 30.3 Å². The van der Waals surface area contributed by atoms with Crippen LogP contribution < -0.4 is 10.3 Å². The second kappa shape index (κ2) is 7.68. The number of aromatic nitrogens is 3. The maximum Gasteiger partial charge on any atom is 0.279 e. The van der Waals surface area contributed by atoms with Gasteiger partial charge < -0.3 is 0 Å². The minimum absolute atomic E-state index is 0.0755. The van der Waals surface area contributed by atoms with Gasteiger partial charge in [-0.15, -0.1) is 0 Å². The van der Waals surface area contributed by atoms with Crippen molar-refractivity contribution in [2.75, 3.05) is 10.5 Å². The molecule has 30 heavy (non-hydrogen) atoms. The molecule has 0 saturated carbocycles. The van der Waals surface area contributed by atoms with Crippen molar-refractivity contribution in [3.8, 4) is 16.9 Å². The molecule has 0 aliphatic heterocycles. The van der Waals surface area contributed by atoms with E-state index in [0.717, 1.165) is 0 Å². The van der Waals surface area contributed by atoms with Crippen molar-refractivity contribution in [2.24, 2.45) is 0 Å². The number of halogens is 1. The third kappa shape index (κ3) is 3.79. The zero-order valence-corrected chi connectivity index (χ0v) is 16.7. The number of nitrogens with one attached hydrogen (secondary N) is 1. The maximum absolute atomic E-state index is 13.3. The Balaban J connectivity index is 1.94. The van der Waals surface area contributed by atoms with Gasteiger partial charge in [0.1, 0.15) is 11.5 Å². The molecule has 0 fully saturated rings. The smallest absolute Gasteiger partial charge is 0.279 e. The number of sulfonamides is 1. The first kappa shape index (κ1) is 19.7. The van der Waals surface area contributed by atoms with E-state index in [9.17, 15) is 17.6 Å². The fourth-order valence-electron chi connectivity index (χ4n) is 3.04. The van der Waals surface area contributed by atoms with Gasteiger partial charge in [0, 0.05) is 17.1 Å². The number of hydrogen-bond donors (Lipinski definition) is 1. The molecule has 0 aliphatic carbocycles. The van der Waals surface area contributed by atoms with Crippen LogP contribution in [-0.2, 0) is 10.0 Å². The molecule has 0 unspecified atom stereocenters. The zero-order chi connectivity index (χ0) is 21.3. The van der Waals surface area contributed by atoms with Crippen molar-refractivity contribution in [3.05, 3.63) is 83.2 Å². The molecular formula is C21H17FN4O3S. The summed E-state index contributed by atoms with van der Waals surface area (Å²) in [6.07, 6.45) is 2.94. The maximum atomic E-state index is 13.3. The van der Waals surface area contributed by atoms with E-state index in [1.165, 1.54) is 48.3 Å². The van der Waals surface area contributed by atoms with Crippen molar-refractivity contribution >= 4 is 26.5 Å². The second-order valence-corrected chi connectivity index (χ2v) is 8.57. The van der Waals surface area contributed by atoms with Crippen molar-refractivity contribution in [2.45, 2.75) is 6.92 Å². The molecule has 9 heteroatoms. The summed E-state index contributed by atoms with van der Waals surface area (Å²) in [5.74, 6) is -0.499. The van der Waals surface area contributed by atoms with Crippen molar-refractivity contribution in [1.29, 1.82) is 0 Å². The Kier molecular flexibility index (Phi) is 5.04. The molecule has 2 aromatic heterocycles. The monoisotopic (exact) mass is 424 g/mol. The van der Waals surface area contributed by atoms with Crippen molar-refractivity contribution < 1.29 is 12.8 Å². The van der Waals surface area contributed by atoms with E-state index in [1.807, 2.05) is 0 Å².